The second-order valence-electron chi connectivity index (χ2n) is 5.03. The van der Waals surface area contributed by atoms with Crippen LogP contribution in [0.2, 0.25) is 10.3 Å². The molecule has 1 N–H and O–H groups in total. The molecule has 1 amide bonds. The van der Waals surface area contributed by atoms with Gasteiger partial charge in [0.1, 0.15) is 0 Å². The maximum absolute atomic E-state index is 12.1. The summed E-state index contributed by atoms with van der Waals surface area (Å²) < 4.78 is 0. The lowest BCUT2D eigenvalue weighted by molar-refractivity contribution is 0.0919. The van der Waals surface area contributed by atoms with E-state index in [1.165, 1.54) is 38.2 Å². The van der Waals surface area contributed by atoms with E-state index in [9.17, 15) is 4.79 Å². The Kier molecular flexibility index (Phi) is 4.99. The molecule has 1 aliphatic carbocycles. The van der Waals surface area contributed by atoms with Crippen LogP contribution in [0.3, 0.4) is 0 Å². The maximum Gasteiger partial charge on any atom is 0.254 e. The van der Waals surface area contributed by atoms with Crippen LogP contribution in [0.4, 0.5) is 0 Å². The summed E-state index contributed by atoms with van der Waals surface area (Å²) >= 11 is 11.6. The van der Waals surface area contributed by atoms with Crippen molar-refractivity contribution in [1.82, 2.24) is 15.5 Å². The van der Waals surface area contributed by atoms with Gasteiger partial charge in [-0.1, -0.05) is 42.5 Å². The highest BCUT2D eigenvalue weighted by atomic mass is 35.5. The third-order valence-corrected chi connectivity index (χ3v) is 4.14. The van der Waals surface area contributed by atoms with Crippen molar-refractivity contribution in [2.24, 2.45) is 5.92 Å². The Balaban J connectivity index is 2.01. The van der Waals surface area contributed by atoms with E-state index < -0.39 is 0 Å². The molecule has 4 nitrogen and oxygen atoms in total. The Morgan fingerprint density at radius 2 is 2.00 bits per heavy atom. The molecule has 19 heavy (non-hydrogen) atoms. The number of hydrogen-bond donors (Lipinski definition) is 1. The molecule has 0 bridgehead atoms. The van der Waals surface area contributed by atoms with E-state index in [1.807, 2.05) is 6.92 Å². The van der Waals surface area contributed by atoms with Crippen LogP contribution >= 0.6 is 23.2 Å². The smallest absolute Gasteiger partial charge is 0.254 e. The van der Waals surface area contributed by atoms with E-state index in [2.05, 4.69) is 15.5 Å². The van der Waals surface area contributed by atoms with Gasteiger partial charge in [-0.15, -0.1) is 10.2 Å². The number of carbonyl (C=O) groups excluding carboxylic acids is 1. The minimum absolute atomic E-state index is 0.0812. The van der Waals surface area contributed by atoms with Crippen molar-refractivity contribution in [2.75, 3.05) is 0 Å². The lowest BCUT2D eigenvalue weighted by Crippen LogP contribution is -2.39. The molecule has 1 unspecified atom stereocenters. The van der Waals surface area contributed by atoms with Crippen molar-refractivity contribution in [1.29, 1.82) is 0 Å². The predicted octanol–water partition coefficient (Wildman–Crippen LogP) is 3.48. The zero-order valence-electron chi connectivity index (χ0n) is 10.8. The summed E-state index contributed by atoms with van der Waals surface area (Å²) in [5.41, 5.74) is 0.282. The average Bonchev–Trinajstić information content (AvgIpc) is 2.42. The van der Waals surface area contributed by atoms with Crippen LogP contribution in [0, 0.1) is 5.92 Å². The summed E-state index contributed by atoms with van der Waals surface area (Å²) in [7, 11) is 0. The van der Waals surface area contributed by atoms with E-state index in [-0.39, 0.29) is 27.8 Å². The zero-order valence-corrected chi connectivity index (χ0v) is 12.3. The molecule has 0 saturated heterocycles. The number of carbonyl (C=O) groups is 1. The minimum atomic E-state index is -0.236. The van der Waals surface area contributed by atoms with Gasteiger partial charge in [0, 0.05) is 6.04 Å². The van der Waals surface area contributed by atoms with Gasteiger partial charge in [-0.3, -0.25) is 4.79 Å². The molecule has 1 aliphatic rings. The summed E-state index contributed by atoms with van der Waals surface area (Å²) in [5.74, 6) is 0.307. The highest BCUT2D eigenvalue weighted by molar-refractivity contribution is 6.34. The molecule has 0 aliphatic heterocycles. The van der Waals surface area contributed by atoms with Gasteiger partial charge < -0.3 is 5.32 Å². The maximum atomic E-state index is 12.1. The first-order valence-electron chi connectivity index (χ1n) is 6.57. The van der Waals surface area contributed by atoms with Crippen molar-refractivity contribution < 1.29 is 4.79 Å². The van der Waals surface area contributed by atoms with Gasteiger partial charge in [0.05, 0.1) is 5.56 Å². The SMILES string of the molecule is CC(NC(=O)c1cc(Cl)nnc1Cl)C1CCCCC1. The van der Waals surface area contributed by atoms with Crippen LogP contribution in [-0.2, 0) is 0 Å². The lowest BCUT2D eigenvalue weighted by Gasteiger charge is -2.28. The quantitative estimate of drug-likeness (QED) is 0.930. The first kappa shape index (κ1) is 14.5. The zero-order chi connectivity index (χ0) is 13.8. The van der Waals surface area contributed by atoms with Crippen LogP contribution in [0.15, 0.2) is 6.07 Å². The summed E-state index contributed by atoms with van der Waals surface area (Å²) in [4.78, 5) is 12.1. The van der Waals surface area contributed by atoms with Crippen LogP contribution < -0.4 is 5.32 Å². The number of halogens is 2. The summed E-state index contributed by atoms with van der Waals surface area (Å²) in [5, 5.41) is 10.5. The summed E-state index contributed by atoms with van der Waals surface area (Å²) in [6, 6.07) is 1.58. The molecule has 1 atom stereocenters. The fourth-order valence-electron chi connectivity index (χ4n) is 2.55. The first-order valence-corrected chi connectivity index (χ1v) is 7.33. The highest BCUT2D eigenvalue weighted by Crippen LogP contribution is 2.26. The third-order valence-electron chi connectivity index (χ3n) is 3.68. The molecule has 1 saturated carbocycles. The van der Waals surface area contributed by atoms with Crippen LogP contribution in [0.1, 0.15) is 49.4 Å². The molecule has 6 heteroatoms. The normalized spacial score (nSPS) is 18.1. The highest BCUT2D eigenvalue weighted by Gasteiger charge is 2.23. The third kappa shape index (κ3) is 3.80. The van der Waals surface area contributed by atoms with E-state index in [4.69, 9.17) is 23.2 Å². The van der Waals surface area contributed by atoms with Crippen molar-refractivity contribution >= 4 is 29.1 Å². The van der Waals surface area contributed by atoms with E-state index in [1.54, 1.807) is 0 Å². The van der Waals surface area contributed by atoms with Crippen LogP contribution in [0.5, 0.6) is 0 Å². The number of nitrogens with one attached hydrogen (secondary N) is 1. The molecule has 1 fully saturated rings. The molecule has 0 radical (unpaired) electrons. The molecule has 1 aromatic rings. The summed E-state index contributed by atoms with van der Waals surface area (Å²) in [6.07, 6.45) is 6.13. The van der Waals surface area contributed by atoms with Gasteiger partial charge in [-0.05, 0) is 31.7 Å². The lowest BCUT2D eigenvalue weighted by atomic mass is 9.84. The number of rotatable bonds is 3. The topological polar surface area (TPSA) is 54.9 Å². The van der Waals surface area contributed by atoms with Gasteiger partial charge in [-0.25, -0.2) is 0 Å². The van der Waals surface area contributed by atoms with Gasteiger partial charge in [-0.2, -0.15) is 0 Å². The van der Waals surface area contributed by atoms with E-state index in [0.717, 1.165) is 0 Å². The van der Waals surface area contributed by atoms with Crippen molar-refractivity contribution in [3.63, 3.8) is 0 Å². The van der Waals surface area contributed by atoms with Crippen molar-refractivity contribution in [2.45, 2.75) is 45.1 Å². The molecule has 0 spiro atoms. The Morgan fingerprint density at radius 3 is 2.68 bits per heavy atom. The minimum Gasteiger partial charge on any atom is -0.349 e. The number of aromatic nitrogens is 2. The summed E-state index contributed by atoms with van der Waals surface area (Å²) in [6.45, 7) is 2.04. The molecular formula is C13H17Cl2N3O. The standard InChI is InChI=1S/C13H17Cl2N3O/c1-8(9-5-3-2-4-6-9)16-13(19)10-7-11(14)17-18-12(10)15/h7-9H,2-6H2,1H3,(H,16,19). The molecule has 2 rings (SSSR count). The Morgan fingerprint density at radius 1 is 1.32 bits per heavy atom. The van der Waals surface area contributed by atoms with Crippen molar-refractivity contribution in [3.8, 4) is 0 Å². The van der Waals surface area contributed by atoms with E-state index in [0.29, 0.717) is 5.92 Å². The van der Waals surface area contributed by atoms with Crippen LogP contribution in [0.25, 0.3) is 0 Å². The van der Waals surface area contributed by atoms with E-state index >= 15 is 0 Å². The predicted molar refractivity (Wildman–Crippen MR) is 75.6 cm³/mol. The Bertz CT molecular complexity index is 461. The number of amides is 1. The average molecular weight is 302 g/mol. The van der Waals surface area contributed by atoms with Crippen LogP contribution in [-0.4, -0.2) is 22.1 Å². The Hall–Kier alpha value is -0.870. The van der Waals surface area contributed by atoms with Gasteiger partial charge in [0.15, 0.2) is 10.3 Å². The molecule has 1 aromatic heterocycles. The monoisotopic (exact) mass is 301 g/mol. The fourth-order valence-corrected chi connectivity index (χ4v) is 2.87. The fraction of sp³-hybridized carbons (Fsp3) is 0.615. The largest absolute Gasteiger partial charge is 0.349 e. The Labute approximate surface area is 122 Å². The second-order valence-corrected chi connectivity index (χ2v) is 5.78. The number of nitrogens with zero attached hydrogens (tertiary/aromatic N) is 2. The molecule has 1 heterocycles. The molecule has 104 valence electrons. The first-order chi connectivity index (χ1) is 9.08. The van der Waals surface area contributed by atoms with Gasteiger partial charge in [0.2, 0.25) is 0 Å². The van der Waals surface area contributed by atoms with Crippen molar-refractivity contribution in [3.05, 3.63) is 21.9 Å². The van der Waals surface area contributed by atoms with Gasteiger partial charge >= 0.3 is 0 Å². The van der Waals surface area contributed by atoms with Gasteiger partial charge in [0.25, 0.3) is 5.91 Å². The number of hydrogen-bond acceptors (Lipinski definition) is 3. The molecule has 0 aromatic carbocycles. The second kappa shape index (κ2) is 6.53. The molecular weight excluding hydrogens is 285 g/mol.